The molecule has 0 aromatic carbocycles. The van der Waals surface area contributed by atoms with Crippen LogP contribution in [0.5, 0.6) is 0 Å². The lowest BCUT2D eigenvalue weighted by atomic mass is 10.2. The number of hydrogen-bond acceptors (Lipinski definition) is 4. The van der Waals surface area contributed by atoms with Crippen LogP contribution >= 0.6 is 24.8 Å². The molecule has 0 spiro atoms. The first-order valence-corrected chi connectivity index (χ1v) is 5.60. The van der Waals surface area contributed by atoms with Gasteiger partial charge < -0.3 is 15.2 Å². The molecule has 3 rings (SSSR count). The summed E-state index contributed by atoms with van der Waals surface area (Å²) in [5.74, 6) is 1.06. The molecule has 0 saturated carbocycles. The van der Waals surface area contributed by atoms with Gasteiger partial charge in [-0.15, -0.1) is 24.8 Å². The van der Waals surface area contributed by atoms with Crippen molar-refractivity contribution < 1.29 is 0 Å². The number of nitrogens with one attached hydrogen (secondary N) is 2. The van der Waals surface area contributed by atoms with E-state index < -0.39 is 0 Å². The topological polar surface area (TPSA) is 56.8 Å². The van der Waals surface area contributed by atoms with Crippen LogP contribution in [0.25, 0.3) is 11.0 Å². The van der Waals surface area contributed by atoms with E-state index >= 15 is 0 Å². The molecule has 0 unspecified atom stereocenters. The molecule has 0 aliphatic carbocycles. The molecule has 0 amide bonds. The number of aryl methyl sites for hydroxylation is 1. The Bertz CT molecular complexity index is 507. The summed E-state index contributed by atoms with van der Waals surface area (Å²) in [5, 5.41) is 4.50. The van der Waals surface area contributed by atoms with Crippen LogP contribution in [0.1, 0.15) is 5.56 Å². The van der Waals surface area contributed by atoms with E-state index in [0.717, 1.165) is 43.0 Å². The Kier molecular flexibility index (Phi) is 5.19. The Hall–Kier alpha value is -1.04. The Labute approximate surface area is 118 Å². The van der Waals surface area contributed by atoms with Crippen molar-refractivity contribution in [2.24, 2.45) is 0 Å². The molecule has 1 saturated heterocycles. The van der Waals surface area contributed by atoms with E-state index in [1.165, 1.54) is 5.56 Å². The van der Waals surface area contributed by atoms with Gasteiger partial charge in [-0.25, -0.2) is 9.97 Å². The summed E-state index contributed by atoms with van der Waals surface area (Å²) in [6.45, 7) is 6.16. The quantitative estimate of drug-likeness (QED) is 0.836. The van der Waals surface area contributed by atoms with Crippen molar-refractivity contribution in [2.75, 3.05) is 31.1 Å². The minimum atomic E-state index is 0. The Balaban J connectivity index is 0.000000810. The highest BCUT2D eigenvalue weighted by molar-refractivity contribution is 5.90. The average molecular weight is 290 g/mol. The van der Waals surface area contributed by atoms with Gasteiger partial charge in [-0.05, 0) is 12.5 Å². The van der Waals surface area contributed by atoms with Crippen molar-refractivity contribution in [3.8, 4) is 0 Å². The van der Waals surface area contributed by atoms with Crippen LogP contribution in [0.15, 0.2) is 12.5 Å². The van der Waals surface area contributed by atoms with Crippen LogP contribution < -0.4 is 10.2 Å². The molecule has 5 nitrogen and oxygen atoms in total. The standard InChI is InChI=1S/C11H15N5.2ClH/c1-8-6-13-10-9(8)11(15-7-14-10)16-4-2-12-3-5-16;;/h6-7,12H,2-5H2,1H3,(H,13,14,15);2*1H. The van der Waals surface area contributed by atoms with E-state index in [1.807, 2.05) is 6.20 Å². The molecule has 1 aliphatic rings. The summed E-state index contributed by atoms with van der Waals surface area (Å²) < 4.78 is 0. The molecule has 1 fully saturated rings. The molecular weight excluding hydrogens is 273 g/mol. The number of hydrogen-bond donors (Lipinski definition) is 2. The third kappa shape index (κ3) is 2.53. The molecule has 100 valence electrons. The zero-order valence-electron chi connectivity index (χ0n) is 10.1. The summed E-state index contributed by atoms with van der Waals surface area (Å²) in [5.41, 5.74) is 2.14. The number of anilines is 1. The molecule has 2 aromatic rings. The Morgan fingerprint density at radius 1 is 1.17 bits per heavy atom. The van der Waals surface area contributed by atoms with Crippen LogP contribution in [0.4, 0.5) is 5.82 Å². The van der Waals surface area contributed by atoms with Gasteiger partial charge in [0, 0.05) is 32.4 Å². The van der Waals surface area contributed by atoms with Crippen molar-refractivity contribution >= 4 is 41.7 Å². The fraction of sp³-hybridized carbons (Fsp3) is 0.455. The van der Waals surface area contributed by atoms with Gasteiger partial charge in [-0.2, -0.15) is 0 Å². The molecule has 3 heterocycles. The van der Waals surface area contributed by atoms with Gasteiger partial charge in [-0.1, -0.05) is 0 Å². The fourth-order valence-corrected chi connectivity index (χ4v) is 2.21. The van der Waals surface area contributed by atoms with E-state index in [2.05, 4.69) is 32.1 Å². The Morgan fingerprint density at radius 2 is 1.89 bits per heavy atom. The van der Waals surface area contributed by atoms with E-state index in [0.29, 0.717) is 0 Å². The number of halogens is 2. The van der Waals surface area contributed by atoms with Gasteiger partial charge in [0.15, 0.2) is 0 Å². The normalized spacial score (nSPS) is 15.1. The van der Waals surface area contributed by atoms with Crippen LogP contribution in [0.3, 0.4) is 0 Å². The van der Waals surface area contributed by atoms with Crippen LogP contribution in [-0.4, -0.2) is 41.1 Å². The van der Waals surface area contributed by atoms with E-state index in [4.69, 9.17) is 0 Å². The summed E-state index contributed by atoms with van der Waals surface area (Å²) >= 11 is 0. The summed E-state index contributed by atoms with van der Waals surface area (Å²) in [4.78, 5) is 14.2. The lowest BCUT2D eigenvalue weighted by Crippen LogP contribution is -2.44. The third-order valence-corrected chi connectivity index (χ3v) is 3.06. The molecule has 0 bridgehead atoms. The molecule has 2 N–H and O–H groups in total. The molecular formula is C11H17Cl2N5. The van der Waals surface area contributed by atoms with Crippen LogP contribution in [0.2, 0.25) is 0 Å². The maximum atomic E-state index is 4.43. The second-order valence-corrected chi connectivity index (χ2v) is 4.13. The molecule has 18 heavy (non-hydrogen) atoms. The monoisotopic (exact) mass is 289 g/mol. The first kappa shape index (κ1) is 15.0. The first-order valence-electron chi connectivity index (χ1n) is 5.60. The zero-order valence-corrected chi connectivity index (χ0v) is 11.8. The molecule has 0 radical (unpaired) electrons. The number of aromatic nitrogens is 3. The highest BCUT2D eigenvalue weighted by Crippen LogP contribution is 2.25. The van der Waals surface area contributed by atoms with Crippen molar-refractivity contribution in [1.29, 1.82) is 0 Å². The van der Waals surface area contributed by atoms with Gasteiger partial charge in [0.25, 0.3) is 0 Å². The SMILES string of the molecule is Cc1c[nH]c2ncnc(N3CCNCC3)c12.Cl.Cl. The lowest BCUT2D eigenvalue weighted by molar-refractivity contribution is 0.586. The van der Waals surface area contributed by atoms with E-state index in [-0.39, 0.29) is 24.8 Å². The van der Waals surface area contributed by atoms with Crippen molar-refractivity contribution in [2.45, 2.75) is 6.92 Å². The van der Waals surface area contributed by atoms with Crippen molar-refractivity contribution in [1.82, 2.24) is 20.3 Å². The number of fused-ring (bicyclic) bond motifs is 1. The van der Waals surface area contributed by atoms with Gasteiger partial charge in [-0.3, -0.25) is 0 Å². The maximum absolute atomic E-state index is 4.43. The highest BCUT2D eigenvalue weighted by Gasteiger charge is 2.16. The molecule has 2 aromatic heterocycles. The van der Waals surface area contributed by atoms with E-state index in [9.17, 15) is 0 Å². The summed E-state index contributed by atoms with van der Waals surface area (Å²) in [7, 11) is 0. The Morgan fingerprint density at radius 3 is 2.61 bits per heavy atom. The highest BCUT2D eigenvalue weighted by atomic mass is 35.5. The minimum Gasteiger partial charge on any atom is -0.353 e. The summed E-state index contributed by atoms with van der Waals surface area (Å²) in [6.07, 6.45) is 3.63. The van der Waals surface area contributed by atoms with E-state index in [1.54, 1.807) is 6.33 Å². The van der Waals surface area contributed by atoms with Gasteiger partial charge in [0.1, 0.15) is 17.8 Å². The lowest BCUT2D eigenvalue weighted by Gasteiger charge is -2.28. The number of piperazine rings is 1. The third-order valence-electron chi connectivity index (χ3n) is 3.06. The number of rotatable bonds is 1. The molecule has 0 atom stereocenters. The minimum absolute atomic E-state index is 0. The predicted octanol–water partition coefficient (Wildman–Crippen LogP) is 1.52. The average Bonchev–Trinajstić information content (AvgIpc) is 2.73. The van der Waals surface area contributed by atoms with Gasteiger partial charge in [0.05, 0.1) is 5.39 Å². The first-order chi connectivity index (χ1) is 7.86. The van der Waals surface area contributed by atoms with Crippen molar-refractivity contribution in [3.05, 3.63) is 18.1 Å². The number of aromatic amines is 1. The number of H-pyrrole nitrogens is 1. The maximum Gasteiger partial charge on any atom is 0.143 e. The summed E-state index contributed by atoms with van der Waals surface area (Å²) in [6, 6.07) is 0. The van der Waals surface area contributed by atoms with Crippen molar-refractivity contribution in [3.63, 3.8) is 0 Å². The second-order valence-electron chi connectivity index (χ2n) is 4.13. The molecule has 1 aliphatic heterocycles. The second kappa shape index (κ2) is 6.22. The smallest absolute Gasteiger partial charge is 0.143 e. The zero-order chi connectivity index (χ0) is 11.0. The van der Waals surface area contributed by atoms with Crippen LogP contribution in [0, 0.1) is 6.92 Å². The molecule has 7 heteroatoms. The van der Waals surface area contributed by atoms with Crippen LogP contribution in [-0.2, 0) is 0 Å². The van der Waals surface area contributed by atoms with Gasteiger partial charge in [0.2, 0.25) is 0 Å². The van der Waals surface area contributed by atoms with Gasteiger partial charge >= 0.3 is 0 Å². The largest absolute Gasteiger partial charge is 0.353 e. The predicted molar refractivity (Wildman–Crippen MR) is 78.2 cm³/mol. The number of nitrogens with zero attached hydrogens (tertiary/aromatic N) is 3. The fourth-order valence-electron chi connectivity index (χ4n) is 2.21.